The molecule has 5 heteroatoms. The third kappa shape index (κ3) is 3.99. The predicted octanol–water partition coefficient (Wildman–Crippen LogP) is 2.49. The van der Waals surface area contributed by atoms with Crippen LogP contribution >= 0.6 is 0 Å². The summed E-state index contributed by atoms with van der Waals surface area (Å²) in [7, 11) is 0. The molecule has 1 aliphatic heterocycles. The summed E-state index contributed by atoms with van der Waals surface area (Å²) in [4.78, 5) is 18.9. The molecule has 2 aromatic heterocycles. The number of aryl methyl sites for hydroxylation is 1. The quantitative estimate of drug-likeness (QED) is 0.890. The molecule has 0 saturated carbocycles. The van der Waals surface area contributed by atoms with Gasteiger partial charge in [-0.15, -0.1) is 0 Å². The van der Waals surface area contributed by atoms with Crippen molar-refractivity contribution in [2.24, 2.45) is 5.92 Å². The number of nitrogens with one attached hydrogen (secondary N) is 1. The molecule has 122 valence electrons. The summed E-state index contributed by atoms with van der Waals surface area (Å²) in [6, 6.07) is 7.56. The number of furan rings is 1. The minimum atomic E-state index is -0.0412. The van der Waals surface area contributed by atoms with Crippen LogP contribution in [0.2, 0.25) is 0 Å². The van der Waals surface area contributed by atoms with Gasteiger partial charge in [0.05, 0.1) is 0 Å². The van der Waals surface area contributed by atoms with Crippen LogP contribution < -0.4 is 5.32 Å². The number of pyridine rings is 1. The molecule has 0 aliphatic carbocycles. The Balaban J connectivity index is 1.76. The van der Waals surface area contributed by atoms with Crippen molar-refractivity contribution in [1.29, 1.82) is 0 Å². The number of hydrogen-bond donors (Lipinski definition) is 1. The first-order valence-electron chi connectivity index (χ1n) is 8.24. The van der Waals surface area contributed by atoms with Crippen molar-refractivity contribution >= 4 is 5.91 Å². The summed E-state index contributed by atoms with van der Waals surface area (Å²) in [5.41, 5.74) is 1.04. The molecule has 1 aliphatic rings. The molecule has 2 aromatic rings. The average molecular weight is 313 g/mol. The minimum Gasteiger partial charge on any atom is -0.456 e. The Morgan fingerprint density at radius 2 is 2.35 bits per heavy atom. The van der Waals surface area contributed by atoms with Crippen molar-refractivity contribution in [3.05, 3.63) is 53.7 Å². The first-order valence-corrected chi connectivity index (χ1v) is 8.24. The number of aromatic nitrogens is 1. The van der Waals surface area contributed by atoms with Crippen molar-refractivity contribution in [3.8, 4) is 0 Å². The Labute approximate surface area is 136 Å². The lowest BCUT2D eigenvalue weighted by atomic mass is 10.1. The van der Waals surface area contributed by atoms with Gasteiger partial charge in [-0.25, -0.2) is 0 Å². The van der Waals surface area contributed by atoms with Gasteiger partial charge < -0.3 is 14.6 Å². The Kier molecular flexibility index (Phi) is 5.08. The van der Waals surface area contributed by atoms with Crippen molar-refractivity contribution in [2.75, 3.05) is 19.6 Å². The summed E-state index contributed by atoms with van der Waals surface area (Å²) >= 11 is 0. The van der Waals surface area contributed by atoms with Crippen molar-refractivity contribution in [2.45, 2.75) is 26.3 Å². The highest BCUT2D eigenvalue weighted by atomic mass is 16.4. The van der Waals surface area contributed by atoms with E-state index in [0.717, 1.165) is 43.8 Å². The van der Waals surface area contributed by atoms with Gasteiger partial charge in [-0.2, -0.15) is 0 Å². The third-order valence-corrected chi connectivity index (χ3v) is 4.25. The van der Waals surface area contributed by atoms with Crippen LogP contribution in [0.1, 0.15) is 35.2 Å². The highest BCUT2D eigenvalue weighted by molar-refractivity contribution is 5.91. The second-order valence-corrected chi connectivity index (χ2v) is 6.03. The normalized spacial score (nSPS) is 17.3. The van der Waals surface area contributed by atoms with Crippen molar-refractivity contribution in [3.63, 3.8) is 0 Å². The van der Waals surface area contributed by atoms with Gasteiger partial charge in [-0.1, -0.05) is 13.0 Å². The van der Waals surface area contributed by atoms with E-state index in [-0.39, 0.29) is 5.91 Å². The molecule has 3 heterocycles. The molecule has 1 saturated heterocycles. The van der Waals surface area contributed by atoms with E-state index in [2.05, 4.69) is 10.3 Å². The Morgan fingerprint density at radius 3 is 3.00 bits per heavy atom. The molecule has 1 unspecified atom stereocenters. The molecule has 23 heavy (non-hydrogen) atoms. The smallest absolute Gasteiger partial charge is 0.289 e. The molecule has 0 radical (unpaired) electrons. The highest BCUT2D eigenvalue weighted by Crippen LogP contribution is 2.17. The molecular formula is C18H23N3O2. The second kappa shape index (κ2) is 7.42. The molecule has 0 spiro atoms. The number of hydrogen-bond acceptors (Lipinski definition) is 4. The summed E-state index contributed by atoms with van der Waals surface area (Å²) in [5.74, 6) is 1.73. The monoisotopic (exact) mass is 313 g/mol. The van der Waals surface area contributed by atoms with E-state index in [1.807, 2.05) is 36.2 Å². The molecule has 1 fully saturated rings. The first kappa shape index (κ1) is 15.7. The lowest BCUT2D eigenvalue weighted by molar-refractivity contribution is 0.0684. The SMILES string of the molecule is CCc1ccc(C(=O)N(Cc2cccnc2)CC2CCNC2)o1. The van der Waals surface area contributed by atoms with Gasteiger partial charge in [0.1, 0.15) is 5.76 Å². The fourth-order valence-electron chi connectivity index (χ4n) is 2.95. The zero-order valence-corrected chi connectivity index (χ0v) is 13.5. The first-order chi connectivity index (χ1) is 11.3. The van der Waals surface area contributed by atoms with Crippen LogP contribution in [0, 0.1) is 5.92 Å². The summed E-state index contributed by atoms with van der Waals surface area (Å²) in [5, 5.41) is 3.36. The number of nitrogens with zero attached hydrogens (tertiary/aromatic N) is 2. The lowest BCUT2D eigenvalue weighted by Gasteiger charge is -2.24. The van der Waals surface area contributed by atoms with Crippen LogP contribution in [0.25, 0.3) is 0 Å². The van der Waals surface area contributed by atoms with Gasteiger partial charge in [-0.05, 0) is 49.2 Å². The molecule has 1 N–H and O–H groups in total. The van der Waals surface area contributed by atoms with Crippen LogP contribution in [-0.4, -0.2) is 35.4 Å². The van der Waals surface area contributed by atoms with Crippen molar-refractivity contribution in [1.82, 2.24) is 15.2 Å². The second-order valence-electron chi connectivity index (χ2n) is 6.03. The van der Waals surface area contributed by atoms with E-state index in [0.29, 0.717) is 18.2 Å². The Hall–Kier alpha value is -2.14. The van der Waals surface area contributed by atoms with Gasteiger partial charge >= 0.3 is 0 Å². The summed E-state index contributed by atoms with van der Waals surface area (Å²) in [6.45, 7) is 5.31. The fourth-order valence-corrected chi connectivity index (χ4v) is 2.95. The van der Waals surface area contributed by atoms with Crippen LogP contribution in [-0.2, 0) is 13.0 Å². The maximum atomic E-state index is 12.9. The van der Waals surface area contributed by atoms with Crippen LogP contribution in [0.5, 0.6) is 0 Å². The zero-order chi connectivity index (χ0) is 16.1. The average Bonchev–Trinajstić information content (AvgIpc) is 3.26. The number of amides is 1. The largest absolute Gasteiger partial charge is 0.456 e. The van der Waals surface area contributed by atoms with Gasteiger partial charge in [-0.3, -0.25) is 9.78 Å². The van der Waals surface area contributed by atoms with E-state index in [1.54, 1.807) is 12.3 Å². The third-order valence-electron chi connectivity index (χ3n) is 4.25. The van der Waals surface area contributed by atoms with E-state index < -0.39 is 0 Å². The highest BCUT2D eigenvalue weighted by Gasteiger charge is 2.24. The van der Waals surface area contributed by atoms with Crippen LogP contribution in [0.15, 0.2) is 41.1 Å². The Bertz CT molecular complexity index is 633. The molecule has 3 rings (SSSR count). The molecule has 1 atom stereocenters. The maximum absolute atomic E-state index is 12.9. The van der Waals surface area contributed by atoms with Crippen molar-refractivity contribution < 1.29 is 9.21 Å². The maximum Gasteiger partial charge on any atom is 0.289 e. The fraction of sp³-hybridized carbons (Fsp3) is 0.444. The van der Waals surface area contributed by atoms with Gasteiger partial charge in [0.15, 0.2) is 5.76 Å². The minimum absolute atomic E-state index is 0.0412. The Morgan fingerprint density at radius 1 is 1.43 bits per heavy atom. The molecule has 0 aromatic carbocycles. The molecule has 5 nitrogen and oxygen atoms in total. The topological polar surface area (TPSA) is 58.4 Å². The summed E-state index contributed by atoms with van der Waals surface area (Å²) < 4.78 is 5.66. The summed E-state index contributed by atoms with van der Waals surface area (Å²) in [6.07, 6.45) is 5.46. The lowest BCUT2D eigenvalue weighted by Crippen LogP contribution is -2.35. The number of rotatable bonds is 6. The standard InChI is InChI=1S/C18H23N3O2/c1-2-16-5-6-17(23-16)18(22)21(13-15-7-9-20-11-15)12-14-4-3-8-19-10-14/h3-6,8,10,15,20H,2,7,9,11-13H2,1H3. The zero-order valence-electron chi connectivity index (χ0n) is 13.5. The van der Waals surface area contributed by atoms with Crippen LogP contribution in [0.4, 0.5) is 0 Å². The van der Waals surface area contributed by atoms with E-state index >= 15 is 0 Å². The number of carbonyl (C=O) groups excluding carboxylic acids is 1. The number of carbonyl (C=O) groups is 1. The molecule has 1 amide bonds. The van der Waals surface area contributed by atoms with Gasteiger partial charge in [0.2, 0.25) is 0 Å². The van der Waals surface area contributed by atoms with E-state index in [4.69, 9.17) is 4.42 Å². The van der Waals surface area contributed by atoms with E-state index in [1.165, 1.54) is 0 Å². The van der Waals surface area contributed by atoms with Crippen LogP contribution in [0.3, 0.4) is 0 Å². The van der Waals surface area contributed by atoms with E-state index in [9.17, 15) is 4.79 Å². The molecular weight excluding hydrogens is 290 g/mol. The van der Waals surface area contributed by atoms with Gasteiger partial charge in [0.25, 0.3) is 5.91 Å². The molecule has 0 bridgehead atoms. The predicted molar refractivity (Wildman–Crippen MR) is 88.0 cm³/mol. The van der Waals surface area contributed by atoms with Gasteiger partial charge in [0, 0.05) is 31.9 Å².